The van der Waals surface area contributed by atoms with Crippen molar-refractivity contribution >= 4 is 6.09 Å². The molecule has 0 atom stereocenters. The average Bonchev–Trinajstić information content (AvgIpc) is 3.10. The number of carbonyl (C=O) groups is 1. The summed E-state index contributed by atoms with van der Waals surface area (Å²) >= 11 is 0. The Morgan fingerprint density at radius 1 is 1.00 bits per heavy atom. The third kappa shape index (κ3) is 3.71. The average molecular weight is 403 g/mol. The number of rotatable bonds is 6. The number of benzene rings is 3. The Morgan fingerprint density at radius 2 is 1.63 bits per heavy atom. The molecule has 0 saturated heterocycles. The predicted molar refractivity (Wildman–Crippen MR) is 116 cm³/mol. The minimum absolute atomic E-state index is 0.0226. The van der Waals surface area contributed by atoms with Crippen molar-refractivity contribution < 1.29 is 19.4 Å². The summed E-state index contributed by atoms with van der Waals surface area (Å²) in [4.78, 5) is 14.4. The zero-order valence-corrected chi connectivity index (χ0v) is 17.2. The van der Waals surface area contributed by atoms with Crippen molar-refractivity contribution in [3.63, 3.8) is 0 Å². The quantitative estimate of drug-likeness (QED) is 0.617. The Balaban J connectivity index is 1.47. The van der Waals surface area contributed by atoms with Crippen molar-refractivity contribution in [2.45, 2.75) is 19.4 Å². The van der Waals surface area contributed by atoms with Gasteiger partial charge in [-0.05, 0) is 41.3 Å². The fraction of sp³-hybridized carbons (Fsp3) is 0.240. The van der Waals surface area contributed by atoms with Gasteiger partial charge in [0.15, 0.2) is 0 Å². The van der Waals surface area contributed by atoms with E-state index < -0.39 is 6.09 Å². The largest absolute Gasteiger partial charge is 0.507 e. The molecule has 5 heteroatoms. The lowest BCUT2D eigenvalue weighted by molar-refractivity contribution is 0.0989. The second-order valence-electron chi connectivity index (χ2n) is 7.31. The molecule has 0 aromatic heterocycles. The first-order valence-electron chi connectivity index (χ1n) is 10.1. The topological polar surface area (TPSA) is 59.0 Å². The van der Waals surface area contributed by atoms with Gasteiger partial charge in [0, 0.05) is 24.1 Å². The molecule has 0 radical (unpaired) electrons. The van der Waals surface area contributed by atoms with E-state index in [0.29, 0.717) is 17.9 Å². The first kappa shape index (κ1) is 19.8. The van der Waals surface area contributed by atoms with E-state index in [2.05, 4.69) is 24.3 Å². The summed E-state index contributed by atoms with van der Waals surface area (Å²) in [6, 6.07) is 21.6. The zero-order chi connectivity index (χ0) is 21.1. The number of hydrogen-bond acceptors (Lipinski definition) is 4. The lowest BCUT2D eigenvalue weighted by atomic mass is 9.98. The summed E-state index contributed by atoms with van der Waals surface area (Å²) in [7, 11) is 1.55. The molecular formula is C25H25NO4. The van der Waals surface area contributed by atoms with Crippen LogP contribution in [0.5, 0.6) is 11.5 Å². The number of amides is 1. The van der Waals surface area contributed by atoms with E-state index in [1.165, 1.54) is 22.3 Å². The third-order valence-electron chi connectivity index (χ3n) is 5.63. The van der Waals surface area contributed by atoms with E-state index in [-0.39, 0.29) is 24.8 Å². The van der Waals surface area contributed by atoms with Gasteiger partial charge in [-0.15, -0.1) is 0 Å². The molecule has 3 aromatic carbocycles. The van der Waals surface area contributed by atoms with Gasteiger partial charge in [-0.2, -0.15) is 0 Å². The van der Waals surface area contributed by atoms with Crippen LogP contribution in [0, 0.1) is 0 Å². The molecule has 0 bridgehead atoms. The van der Waals surface area contributed by atoms with Gasteiger partial charge >= 0.3 is 6.09 Å². The van der Waals surface area contributed by atoms with E-state index in [1.807, 2.05) is 31.2 Å². The number of nitrogens with zero attached hydrogens (tertiary/aromatic N) is 1. The molecule has 1 amide bonds. The van der Waals surface area contributed by atoms with Gasteiger partial charge in [0.05, 0.1) is 13.7 Å². The number of aromatic hydroxyl groups is 1. The maximum Gasteiger partial charge on any atom is 0.410 e. The molecule has 1 aliphatic rings. The summed E-state index contributed by atoms with van der Waals surface area (Å²) in [5.74, 6) is 0.689. The van der Waals surface area contributed by atoms with Crippen molar-refractivity contribution in [3.8, 4) is 22.6 Å². The van der Waals surface area contributed by atoms with E-state index in [0.717, 1.165) is 0 Å². The second-order valence-corrected chi connectivity index (χ2v) is 7.31. The molecule has 5 nitrogen and oxygen atoms in total. The molecule has 3 aromatic rings. The van der Waals surface area contributed by atoms with Crippen LogP contribution >= 0.6 is 0 Å². The van der Waals surface area contributed by atoms with Crippen LogP contribution in [0.1, 0.15) is 29.5 Å². The highest BCUT2D eigenvalue weighted by atomic mass is 16.6. The Labute approximate surface area is 176 Å². The van der Waals surface area contributed by atoms with Gasteiger partial charge in [-0.25, -0.2) is 4.79 Å². The van der Waals surface area contributed by atoms with Crippen LogP contribution in [0.3, 0.4) is 0 Å². The molecule has 154 valence electrons. The van der Waals surface area contributed by atoms with Crippen molar-refractivity contribution in [1.29, 1.82) is 0 Å². The summed E-state index contributed by atoms with van der Waals surface area (Å²) in [5.41, 5.74) is 5.41. The van der Waals surface area contributed by atoms with Crippen LogP contribution in [0.4, 0.5) is 4.79 Å². The molecule has 0 saturated carbocycles. The van der Waals surface area contributed by atoms with E-state index in [4.69, 9.17) is 9.47 Å². The van der Waals surface area contributed by atoms with Gasteiger partial charge in [0.2, 0.25) is 0 Å². The van der Waals surface area contributed by atoms with Crippen LogP contribution in [0.2, 0.25) is 0 Å². The van der Waals surface area contributed by atoms with Crippen LogP contribution in [-0.4, -0.2) is 36.4 Å². The monoisotopic (exact) mass is 403 g/mol. The lowest BCUT2D eigenvalue weighted by Crippen LogP contribution is -2.32. The predicted octanol–water partition coefficient (Wildman–Crippen LogP) is 5.17. The van der Waals surface area contributed by atoms with Gasteiger partial charge in [0.25, 0.3) is 0 Å². The highest BCUT2D eigenvalue weighted by Gasteiger charge is 2.29. The van der Waals surface area contributed by atoms with Gasteiger partial charge in [0.1, 0.15) is 18.1 Å². The summed E-state index contributed by atoms with van der Waals surface area (Å²) in [6.07, 6.45) is -0.394. The SMILES string of the molecule is CCN(Cc1ccc(OC)cc1O)C(=O)OCC1c2ccccc2-c2ccccc21. The minimum Gasteiger partial charge on any atom is -0.507 e. The molecule has 1 aliphatic carbocycles. The standard InChI is InChI=1S/C25H25NO4/c1-3-26(15-17-12-13-18(29-2)14-24(17)27)25(28)30-16-23-21-10-6-4-8-19(21)20-9-5-7-11-22(20)23/h4-14,23,27H,3,15-16H2,1-2H3. The molecule has 0 unspecified atom stereocenters. The van der Waals surface area contributed by atoms with Crippen LogP contribution in [-0.2, 0) is 11.3 Å². The highest BCUT2D eigenvalue weighted by Crippen LogP contribution is 2.44. The fourth-order valence-electron chi connectivity index (χ4n) is 4.00. The van der Waals surface area contributed by atoms with Gasteiger partial charge < -0.3 is 19.5 Å². The number of ether oxygens (including phenoxy) is 2. The number of carbonyl (C=O) groups excluding carboxylic acids is 1. The van der Waals surface area contributed by atoms with E-state index in [1.54, 1.807) is 30.2 Å². The van der Waals surface area contributed by atoms with E-state index >= 15 is 0 Å². The molecular weight excluding hydrogens is 378 g/mol. The maximum atomic E-state index is 12.8. The smallest absolute Gasteiger partial charge is 0.410 e. The van der Waals surface area contributed by atoms with Gasteiger partial charge in [-0.3, -0.25) is 0 Å². The Hall–Kier alpha value is -3.47. The Morgan fingerprint density at radius 3 is 2.20 bits per heavy atom. The number of phenols is 1. The van der Waals surface area contributed by atoms with Crippen molar-refractivity contribution in [3.05, 3.63) is 83.4 Å². The van der Waals surface area contributed by atoms with Crippen molar-refractivity contribution in [1.82, 2.24) is 4.90 Å². The normalized spacial score (nSPS) is 12.2. The van der Waals surface area contributed by atoms with Crippen molar-refractivity contribution in [2.24, 2.45) is 0 Å². The highest BCUT2D eigenvalue weighted by molar-refractivity contribution is 5.79. The number of hydrogen-bond donors (Lipinski definition) is 1. The van der Waals surface area contributed by atoms with Crippen molar-refractivity contribution in [2.75, 3.05) is 20.3 Å². The van der Waals surface area contributed by atoms with Crippen LogP contribution < -0.4 is 4.74 Å². The Kier molecular flexibility index (Phi) is 5.61. The van der Waals surface area contributed by atoms with Crippen LogP contribution in [0.25, 0.3) is 11.1 Å². The summed E-state index contributed by atoms with van der Waals surface area (Å²) < 4.78 is 10.8. The lowest BCUT2D eigenvalue weighted by Gasteiger charge is -2.22. The first-order chi connectivity index (χ1) is 14.6. The molecule has 0 spiro atoms. The second kappa shape index (κ2) is 8.49. The maximum absolute atomic E-state index is 12.8. The third-order valence-corrected chi connectivity index (χ3v) is 5.63. The number of methoxy groups -OCH3 is 1. The van der Waals surface area contributed by atoms with Crippen LogP contribution in [0.15, 0.2) is 66.7 Å². The minimum atomic E-state index is -0.394. The van der Waals surface area contributed by atoms with E-state index in [9.17, 15) is 9.90 Å². The number of fused-ring (bicyclic) bond motifs is 3. The van der Waals surface area contributed by atoms with Gasteiger partial charge in [-0.1, -0.05) is 48.5 Å². The molecule has 0 aliphatic heterocycles. The molecule has 30 heavy (non-hydrogen) atoms. The fourth-order valence-corrected chi connectivity index (χ4v) is 4.00. The molecule has 0 fully saturated rings. The molecule has 1 N–H and O–H groups in total. The first-order valence-corrected chi connectivity index (χ1v) is 10.1. The molecule has 0 heterocycles. The number of phenolic OH excluding ortho intramolecular Hbond substituents is 1. The Bertz CT molecular complexity index is 1020. The summed E-state index contributed by atoms with van der Waals surface area (Å²) in [6.45, 7) is 2.91. The zero-order valence-electron chi connectivity index (χ0n) is 17.2. The summed E-state index contributed by atoms with van der Waals surface area (Å²) in [5, 5.41) is 10.2. The molecule has 4 rings (SSSR count).